The Bertz CT molecular complexity index is 860. The van der Waals surface area contributed by atoms with Crippen molar-refractivity contribution in [3.63, 3.8) is 0 Å². The van der Waals surface area contributed by atoms with Crippen LogP contribution in [0.2, 0.25) is 0 Å². The monoisotopic (exact) mass is 982 g/mol. The summed E-state index contributed by atoms with van der Waals surface area (Å²) < 4.78 is 37.9. The van der Waals surface area contributed by atoms with Crippen LogP contribution in [0.3, 0.4) is 0 Å². The van der Waals surface area contributed by atoms with Gasteiger partial charge in [-0.05, 0) is 53.3 Å². The Balaban J connectivity index is -0.000000108. The molecule has 19 heteroatoms. The van der Waals surface area contributed by atoms with Crippen molar-refractivity contribution in [2.75, 3.05) is 55.5 Å². The molecule has 0 aromatic rings. The van der Waals surface area contributed by atoms with E-state index < -0.39 is 36.7 Å². The van der Waals surface area contributed by atoms with Crippen LogP contribution < -0.4 is 0 Å². The van der Waals surface area contributed by atoms with E-state index >= 15 is 0 Å². The molecule has 331 valence electrons. The molecule has 0 spiro atoms. The second-order valence-corrected chi connectivity index (χ2v) is 27.7. The first-order chi connectivity index (χ1) is 23.9. The molecule has 0 aromatic carbocycles. The van der Waals surface area contributed by atoms with Crippen LogP contribution in [0.25, 0.3) is 0 Å². The molecule has 0 fully saturated rings. The third-order valence-corrected chi connectivity index (χ3v) is 18.8. The van der Waals surface area contributed by atoms with Crippen molar-refractivity contribution in [3.05, 3.63) is 46.0 Å². The molecule has 0 saturated carbocycles. The van der Waals surface area contributed by atoms with Crippen LogP contribution >= 0.6 is 21.4 Å². The summed E-state index contributed by atoms with van der Waals surface area (Å²) in [4.78, 5) is 24.8. The molecule has 0 aliphatic carbocycles. The summed E-state index contributed by atoms with van der Waals surface area (Å²) in [6.07, 6.45) is 8.41. The predicted octanol–water partition coefficient (Wildman–Crippen LogP) is 12.2. The summed E-state index contributed by atoms with van der Waals surface area (Å²) in [5, 5.41) is 44.2. The molecule has 0 N–H and O–H groups in total. The minimum absolute atomic E-state index is 0. The maximum Gasteiger partial charge on any atom is 3.00 e. The summed E-state index contributed by atoms with van der Waals surface area (Å²) >= 11 is 0. The second-order valence-electron chi connectivity index (χ2n) is 18.0. The maximum absolute atomic E-state index is 12.6. The van der Waals surface area contributed by atoms with E-state index in [0.29, 0.717) is 53.3 Å². The van der Waals surface area contributed by atoms with E-state index in [1.807, 2.05) is 0 Å². The molecule has 0 rings (SSSR count). The van der Waals surface area contributed by atoms with Gasteiger partial charge >= 0.3 is 40.8 Å². The van der Waals surface area contributed by atoms with Crippen LogP contribution in [0.4, 0.5) is 0 Å². The molecular formula is C36H81N3NdO12P3. The van der Waals surface area contributed by atoms with E-state index in [0.717, 1.165) is 55.5 Å². The molecule has 55 heavy (non-hydrogen) atoms. The molecule has 0 aliphatic rings. The van der Waals surface area contributed by atoms with Gasteiger partial charge in [0, 0.05) is 55.5 Å². The average Bonchev–Trinajstić information content (AvgIpc) is 2.77. The number of rotatable bonds is 18. The molecule has 0 unspecified atom stereocenters. The summed E-state index contributed by atoms with van der Waals surface area (Å²) in [5.41, 5.74) is 0. The first-order valence-corrected chi connectivity index (χ1v) is 25.9. The van der Waals surface area contributed by atoms with Gasteiger partial charge < -0.3 is 59.7 Å². The van der Waals surface area contributed by atoms with Gasteiger partial charge in [0.15, 0.2) is 0 Å². The Kier molecular flexibility index (Phi) is 47.7. The van der Waals surface area contributed by atoms with Crippen molar-refractivity contribution in [1.29, 1.82) is 0 Å². The average molecular weight is 985 g/mol. The van der Waals surface area contributed by atoms with Crippen LogP contribution in [0.1, 0.15) is 125 Å². The number of hydrogen-bond acceptors (Lipinski definition) is 12. The fourth-order valence-electron chi connectivity index (χ4n) is 6.66. The molecule has 0 aliphatic heterocycles. The van der Waals surface area contributed by atoms with E-state index in [2.05, 4.69) is 125 Å². The minimum Gasteiger partial charge on any atom is -0.356 e. The predicted molar refractivity (Wildman–Crippen MR) is 231 cm³/mol. The Morgan fingerprint density at radius 2 is 0.345 bits per heavy atom. The van der Waals surface area contributed by atoms with Crippen molar-refractivity contribution in [2.24, 2.45) is 53.3 Å². The first-order valence-electron chi connectivity index (χ1n) is 19.1. The molecule has 1 radical (unpaired) electrons. The fraction of sp³-hybridized carbons (Fsp3) is 1.00. The van der Waals surface area contributed by atoms with Gasteiger partial charge in [-0.3, -0.25) is 0 Å². The van der Waals surface area contributed by atoms with Crippen molar-refractivity contribution >= 4 is 21.4 Å². The maximum atomic E-state index is 12.6. The van der Waals surface area contributed by atoms with Gasteiger partial charge in [0.05, 0.1) is 36.7 Å². The summed E-state index contributed by atoms with van der Waals surface area (Å²) in [6, 6.07) is 0. The number of nitrogens with zero attached hydrogens (tertiary/aromatic N) is 3. The van der Waals surface area contributed by atoms with Gasteiger partial charge in [0.25, 0.3) is 0 Å². The van der Waals surface area contributed by atoms with Crippen molar-refractivity contribution in [3.8, 4) is 0 Å². The zero-order chi connectivity index (χ0) is 44.8. The third kappa shape index (κ3) is 71.8. The minimum atomic E-state index is -1.89. The molecule has 0 bridgehead atoms. The normalized spacial score (nSPS) is 11.4. The van der Waals surface area contributed by atoms with Crippen molar-refractivity contribution in [2.45, 2.75) is 125 Å². The zero-order valence-electron chi connectivity index (χ0n) is 37.6. The largest absolute Gasteiger partial charge is 3.00 e. The standard InChI is InChI=1S/3C12H27OP.3NO3.Nd/c3*1-10(2)7-14(13,8-11(3)4)9-12(5)6;3*2-1(3)4;/h3*10-12H,7-9H2,1-6H3;;;;/q;;;3*-1;+3. The molecule has 0 heterocycles. The summed E-state index contributed by atoms with van der Waals surface area (Å²) in [7, 11) is -5.66. The molecule has 0 aromatic heterocycles. The van der Waals surface area contributed by atoms with Gasteiger partial charge in [-0.15, -0.1) is 0 Å². The first kappa shape index (κ1) is 69.3. The Morgan fingerprint density at radius 3 is 0.382 bits per heavy atom. The fourth-order valence-corrected chi connectivity index (χ4v) is 20.0. The van der Waals surface area contributed by atoms with Gasteiger partial charge in [0.1, 0.15) is 0 Å². The van der Waals surface area contributed by atoms with Gasteiger partial charge in [-0.2, -0.15) is 0 Å². The van der Waals surface area contributed by atoms with E-state index in [9.17, 15) is 13.7 Å². The topological polar surface area (TPSA) is 250 Å². The van der Waals surface area contributed by atoms with E-state index in [1.54, 1.807) is 0 Å². The third-order valence-electron chi connectivity index (χ3n) is 6.28. The Morgan fingerprint density at radius 1 is 0.291 bits per heavy atom. The van der Waals surface area contributed by atoms with Gasteiger partial charge in [0.2, 0.25) is 0 Å². The molecule has 0 saturated heterocycles. The number of hydrogen-bond donors (Lipinski definition) is 0. The molecule has 15 nitrogen and oxygen atoms in total. The molecule has 0 amide bonds. The second kappa shape index (κ2) is 37.9. The van der Waals surface area contributed by atoms with Gasteiger partial charge in [-0.1, -0.05) is 125 Å². The van der Waals surface area contributed by atoms with Crippen LogP contribution in [-0.4, -0.2) is 70.7 Å². The molecule has 0 atom stereocenters. The van der Waals surface area contributed by atoms with Crippen LogP contribution in [-0.2, 0) is 13.7 Å². The molecular weight excluding hydrogens is 904 g/mol. The zero-order valence-corrected chi connectivity index (χ0v) is 43.5. The van der Waals surface area contributed by atoms with Crippen LogP contribution in [0.5, 0.6) is 0 Å². The summed E-state index contributed by atoms with van der Waals surface area (Å²) in [6.45, 7) is 39.1. The van der Waals surface area contributed by atoms with Crippen molar-refractivity contribution in [1.82, 2.24) is 0 Å². The van der Waals surface area contributed by atoms with E-state index in [1.165, 1.54) is 0 Å². The van der Waals surface area contributed by atoms with Gasteiger partial charge in [-0.25, -0.2) is 0 Å². The Hall–Kier alpha value is -0.359. The van der Waals surface area contributed by atoms with Crippen molar-refractivity contribution < 1.29 is 69.8 Å². The van der Waals surface area contributed by atoms with E-state index in [-0.39, 0.29) is 40.8 Å². The smallest absolute Gasteiger partial charge is 0.356 e. The Labute approximate surface area is 368 Å². The summed E-state index contributed by atoms with van der Waals surface area (Å²) in [5.74, 6) is 5.11. The van der Waals surface area contributed by atoms with Crippen LogP contribution in [0, 0.1) is 140 Å². The van der Waals surface area contributed by atoms with E-state index in [4.69, 9.17) is 46.0 Å². The quantitative estimate of drug-likeness (QED) is 0.0706. The van der Waals surface area contributed by atoms with Crippen LogP contribution in [0.15, 0.2) is 0 Å². The SMILES string of the molecule is CC(C)CP(=O)(CC(C)C)CC(C)C.CC(C)CP(=O)(CC(C)C)CC(C)C.CC(C)CP(=O)(CC(C)C)CC(C)C.O=[N+]([O-])[O-].O=[N+]([O-])[O-].O=[N+]([O-])[O-].[Nd+3].